The zero-order chi connectivity index (χ0) is 13.9. The highest BCUT2D eigenvalue weighted by molar-refractivity contribution is 6.35. The third-order valence-corrected chi connectivity index (χ3v) is 4.66. The molecule has 0 amide bonds. The van der Waals surface area contributed by atoms with Gasteiger partial charge in [0.1, 0.15) is 0 Å². The normalized spacial score (nSPS) is 15.1. The lowest BCUT2D eigenvalue weighted by Gasteiger charge is -2.28. The van der Waals surface area contributed by atoms with Crippen molar-refractivity contribution >= 4 is 23.2 Å². The summed E-state index contributed by atoms with van der Waals surface area (Å²) in [5.74, 6) is 0. The molecule has 3 rings (SSSR count). The largest absolute Gasteiger partial charge is 0.298 e. The van der Waals surface area contributed by atoms with Crippen LogP contribution in [0.15, 0.2) is 42.5 Å². The Morgan fingerprint density at radius 1 is 0.900 bits per heavy atom. The van der Waals surface area contributed by atoms with Gasteiger partial charge in [0.25, 0.3) is 0 Å². The van der Waals surface area contributed by atoms with E-state index in [4.69, 9.17) is 23.2 Å². The Labute approximate surface area is 130 Å². The Kier molecular flexibility index (Phi) is 4.30. The summed E-state index contributed by atoms with van der Waals surface area (Å²) in [5, 5.41) is 1.55. The molecule has 1 aliphatic heterocycles. The summed E-state index contributed by atoms with van der Waals surface area (Å²) in [5.41, 5.74) is 4.00. The molecule has 0 N–H and O–H groups in total. The molecule has 0 saturated carbocycles. The van der Waals surface area contributed by atoms with E-state index >= 15 is 0 Å². The molecule has 0 unspecified atom stereocenters. The average molecular weight is 306 g/mol. The third-order valence-electron chi connectivity index (χ3n) is 3.95. The fourth-order valence-corrected chi connectivity index (χ4v) is 3.37. The summed E-state index contributed by atoms with van der Waals surface area (Å²) in [6, 6.07) is 14.4. The quantitative estimate of drug-likeness (QED) is 0.801. The van der Waals surface area contributed by atoms with E-state index in [1.54, 1.807) is 0 Å². The standard InChI is InChI=1S/C17H17Cl2N/c18-16-6-3-7-17(19)15(16)9-11-20-10-8-13-4-1-2-5-14(13)12-20/h1-7H,8-12H2. The molecule has 20 heavy (non-hydrogen) atoms. The zero-order valence-corrected chi connectivity index (χ0v) is 12.8. The van der Waals surface area contributed by atoms with Crippen molar-refractivity contribution in [1.29, 1.82) is 0 Å². The highest BCUT2D eigenvalue weighted by Gasteiger charge is 2.16. The van der Waals surface area contributed by atoms with E-state index in [1.165, 1.54) is 11.1 Å². The molecule has 1 nitrogen and oxygen atoms in total. The van der Waals surface area contributed by atoms with Crippen molar-refractivity contribution in [2.75, 3.05) is 13.1 Å². The molecular weight excluding hydrogens is 289 g/mol. The topological polar surface area (TPSA) is 3.24 Å². The second kappa shape index (κ2) is 6.17. The SMILES string of the molecule is Clc1cccc(Cl)c1CCN1CCc2ccccc2C1. The number of nitrogens with zero attached hydrogens (tertiary/aromatic N) is 1. The van der Waals surface area contributed by atoms with E-state index in [1.807, 2.05) is 18.2 Å². The maximum Gasteiger partial charge on any atom is 0.0453 e. The Bertz CT molecular complexity index is 589. The second-order valence-corrected chi connectivity index (χ2v) is 6.06. The van der Waals surface area contributed by atoms with Crippen LogP contribution in [0.25, 0.3) is 0 Å². The fraction of sp³-hybridized carbons (Fsp3) is 0.294. The van der Waals surface area contributed by atoms with E-state index in [9.17, 15) is 0 Å². The van der Waals surface area contributed by atoms with Crippen LogP contribution in [0.2, 0.25) is 10.0 Å². The van der Waals surface area contributed by atoms with Crippen molar-refractivity contribution in [3.8, 4) is 0 Å². The molecule has 0 fully saturated rings. The summed E-state index contributed by atoms with van der Waals surface area (Å²) < 4.78 is 0. The first-order chi connectivity index (χ1) is 9.74. The minimum absolute atomic E-state index is 0.773. The maximum absolute atomic E-state index is 6.23. The molecule has 0 atom stereocenters. The molecular formula is C17H17Cl2N. The first kappa shape index (κ1) is 13.9. The molecule has 0 aromatic heterocycles. The summed E-state index contributed by atoms with van der Waals surface area (Å²) in [4.78, 5) is 2.47. The molecule has 0 saturated heterocycles. The van der Waals surface area contributed by atoms with Gasteiger partial charge in [-0.15, -0.1) is 0 Å². The number of halogens is 2. The van der Waals surface area contributed by atoms with Crippen molar-refractivity contribution in [3.05, 3.63) is 69.2 Å². The van der Waals surface area contributed by atoms with Gasteiger partial charge in [0.15, 0.2) is 0 Å². The highest BCUT2D eigenvalue weighted by Crippen LogP contribution is 2.26. The summed E-state index contributed by atoms with van der Waals surface area (Å²) >= 11 is 12.5. The van der Waals surface area contributed by atoms with Crippen molar-refractivity contribution in [1.82, 2.24) is 4.90 Å². The molecule has 1 heterocycles. The molecule has 0 bridgehead atoms. The van der Waals surface area contributed by atoms with Crippen LogP contribution in [-0.2, 0) is 19.4 Å². The van der Waals surface area contributed by atoms with Gasteiger partial charge in [-0.1, -0.05) is 53.5 Å². The summed E-state index contributed by atoms with van der Waals surface area (Å²) in [6.07, 6.45) is 2.03. The van der Waals surface area contributed by atoms with E-state index in [0.717, 1.165) is 48.1 Å². The molecule has 2 aromatic carbocycles. The Morgan fingerprint density at radius 2 is 1.60 bits per heavy atom. The number of fused-ring (bicyclic) bond motifs is 1. The smallest absolute Gasteiger partial charge is 0.0453 e. The monoisotopic (exact) mass is 305 g/mol. The predicted molar refractivity (Wildman–Crippen MR) is 85.6 cm³/mol. The Morgan fingerprint density at radius 3 is 2.35 bits per heavy atom. The predicted octanol–water partition coefficient (Wildman–Crippen LogP) is 4.59. The van der Waals surface area contributed by atoms with Crippen molar-refractivity contribution in [2.45, 2.75) is 19.4 Å². The van der Waals surface area contributed by atoms with Gasteiger partial charge in [-0.05, 0) is 41.7 Å². The van der Waals surface area contributed by atoms with E-state index in [2.05, 4.69) is 29.2 Å². The minimum Gasteiger partial charge on any atom is -0.298 e. The van der Waals surface area contributed by atoms with Gasteiger partial charge in [-0.3, -0.25) is 4.90 Å². The van der Waals surface area contributed by atoms with E-state index in [0.29, 0.717) is 0 Å². The first-order valence-corrected chi connectivity index (χ1v) is 7.71. The van der Waals surface area contributed by atoms with E-state index < -0.39 is 0 Å². The molecule has 2 aromatic rings. The average Bonchev–Trinajstić information content (AvgIpc) is 2.46. The molecule has 104 valence electrons. The van der Waals surface area contributed by atoms with Gasteiger partial charge < -0.3 is 0 Å². The van der Waals surface area contributed by atoms with Crippen LogP contribution < -0.4 is 0 Å². The van der Waals surface area contributed by atoms with Crippen LogP contribution >= 0.6 is 23.2 Å². The van der Waals surface area contributed by atoms with Crippen molar-refractivity contribution in [2.24, 2.45) is 0 Å². The number of hydrogen-bond donors (Lipinski definition) is 0. The van der Waals surface area contributed by atoms with Gasteiger partial charge >= 0.3 is 0 Å². The van der Waals surface area contributed by atoms with Crippen molar-refractivity contribution in [3.63, 3.8) is 0 Å². The van der Waals surface area contributed by atoms with Gasteiger partial charge in [0.05, 0.1) is 0 Å². The van der Waals surface area contributed by atoms with Crippen LogP contribution in [0, 0.1) is 0 Å². The van der Waals surface area contributed by atoms with Gasteiger partial charge in [-0.25, -0.2) is 0 Å². The number of rotatable bonds is 3. The number of hydrogen-bond acceptors (Lipinski definition) is 1. The number of benzene rings is 2. The molecule has 1 aliphatic rings. The lowest BCUT2D eigenvalue weighted by molar-refractivity contribution is 0.257. The van der Waals surface area contributed by atoms with Crippen LogP contribution in [-0.4, -0.2) is 18.0 Å². The van der Waals surface area contributed by atoms with Crippen LogP contribution in [0.4, 0.5) is 0 Å². The highest BCUT2D eigenvalue weighted by atomic mass is 35.5. The third kappa shape index (κ3) is 3.01. The summed E-state index contributed by atoms with van der Waals surface area (Å²) in [7, 11) is 0. The van der Waals surface area contributed by atoms with Gasteiger partial charge in [0, 0.05) is 29.7 Å². The first-order valence-electron chi connectivity index (χ1n) is 6.96. The molecule has 0 radical (unpaired) electrons. The van der Waals surface area contributed by atoms with E-state index in [-0.39, 0.29) is 0 Å². The van der Waals surface area contributed by atoms with Crippen LogP contribution in [0.5, 0.6) is 0 Å². The maximum atomic E-state index is 6.23. The van der Waals surface area contributed by atoms with Crippen LogP contribution in [0.1, 0.15) is 16.7 Å². The Hall–Kier alpha value is -1.02. The molecule has 0 aliphatic carbocycles. The summed E-state index contributed by atoms with van der Waals surface area (Å²) in [6.45, 7) is 3.13. The Balaban J connectivity index is 1.66. The van der Waals surface area contributed by atoms with Crippen molar-refractivity contribution < 1.29 is 0 Å². The van der Waals surface area contributed by atoms with Gasteiger partial charge in [-0.2, -0.15) is 0 Å². The lowest BCUT2D eigenvalue weighted by Crippen LogP contribution is -2.32. The lowest BCUT2D eigenvalue weighted by atomic mass is 9.99. The minimum atomic E-state index is 0.773. The fourth-order valence-electron chi connectivity index (χ4n) is 2.79. The molecule has 0 spiro atoms. The van der Waals surface area contributed by atoms with Gasteiger partial charge in [0.2, 0.25) is 0 Å². The molecule has 3 heteroatoms. The van der Waals surface area contributed by atoms with Crippen LogP contribution in [0.3, 0.4) is 0 Å². The zero-order valence-electron chi connectivity index (χ0n) is 11.3. The second-order valence-electron chi connectivity index (χ2n) is 5.25.